The average Bonchev–Trinajstić information content (AvgIpc) is 3.05. The minimum Gasteiger partial charge on any atom is -0.464 e. The minimum absolute atomic E-state index is 0.478. The van der Waals surface area contributed by atoms with Crippen molar-refractivity contribution in [3.05, 3.63) is 46.6 Å². The van der Waals surface area contributed by atoms with Gasteiger partial charge in [0.1, 0.15) is 0 Å². The molecule has 0 aromatic heterocycles. The maximum atomic E-state index is 13.7. The first kappa shape index (κ1) is 18.4. The van der Waals surface area contributed by atoms with E-state index in [9.17, 15) is 31.1 Å². The van der Waals surface area contributed by atoms with Crippen molar-refractivity contribution in [2.75, 3.05) is 7.11 Å². The first-order chi connectivity index (χ1) is 11.0. The molecule has 2 atom stereocenters. The Morgan fingerprint density at radius 3 is 1.96 bits per heavy atom. The molecule has 0 unspecified atom stereocenters. The van der Waals surface area contributed by atoms with E-state index < -0.39 is 70.1 Å². The van der Waals surface area contributed by atoms with Gasteiger partial charge < -0.3 is 4.74 Å². The lowest BCUT2D eigenvalue weighted by Crippen LogP contribution is -2.09. The second-order valence-corrected chi connectivity index (χ2v) is 6.21. The van der Waals surface area contributed by atoms with Gasteiger partial charge in [-0.1, -0.05) is 13.8 Å². The molecule has 1 aromatic carbocycles. The lowest BCUT2D eigenvalue weighted by atomic mass is 10.0. The largest absolute Gasteiger partial charge is 0.464 e. The molecule has 0 N–H and O–H groups in total. The topological polar surface area (TPSA) is 26.3 Å². The van der Waals surface area contributed by atoms with Crippen LogP contribution in [0, 0.1) is 46.3 Å². The van der Waals surface area contributed by atoms with Crippen LogP contribution in [0.25, 0.3) is 0 Å². The van der Waals surface area contributed by atoms with Crippen molar-refractivity contribution in [1.29, 1.82) is 0 Å². The van der Waals surface area contributed by atoms with Crippen molar-refractivity contribution in [2.45, 2.75) is 20.3 Å². The van der Waals surface area contributed by atoms with E-state index in [0.717, 1.165) is 13.2 Å². The third-order valence-corrected chi connectivity index (χ3v) is 4.57. The molecule has 0 bridgehead atoms. The van der Waals surface area contributed by atoms with E-state index in [1.807, 2.05) is 0 Å². The predicted molar refractivity (Wildman–Crippen MR) is 71.9 cm³/mol. The molecule has 1 aliphatic carbocycles. The molecule has 0 heterocycles. The summed E-state index contributed by atoms with van der Waals surface area (Å²) in [7, 11) is 0.986. The second-order valence-electron chi connectivity index (χ2n) is 6.21. The number of rotatable bonds is 4. The number of carbonyl (C=O) groups is 1. The number of hydrogen-bond donors (Lipinski definition) is 0. The average molecular weight is 352 g/mol. The number of ether oxygens (including phenoxy) is 1. The highest BCUT2D eigenvalue weighted by molar-refractivity contribution is 5.85. The van der Waals surface area contributed by atoms with Gasteiger partial charge in [-0.25, -0.2) is 26.7 Å². The van der Waals surface area contributed by atoms with Crippen LogP contribution in [0.1, 0.15) is 19.4 Å². The molecule has 1 fully saturated rings. The van der Waals surface area contributed by atoms with Gasteiger partial charge in [-0.2, -0.15) is 4.39 Å². The van der Waals surface area contributed by atoms with Crippen molar-refractivity contribution in [3.63, 3.8) is 0 Å². The van der Waals surface area contributed by atoms with E-state index in [4.69, 9.17) is 0 Å². The summed E-state index contributed by atoms with van der Waals surface area (Å²) in [4.78, 5) is 11.1. The number of carbonyl (C=O) groups excluding carboxylic acids is 1. The van der Waals surface area contributed by atoms with Gasteiger partial charge >= 0.3 is 5.97 Å². The Morgan fingerprint density at radius 2 is 1.50 bits per heavy atom. The number of methoxy groups -OCH3 is 1. The van der Waals surface area contributed by atoms with Crippen molar-refractivity contribution in [1.82, 2.24) is 0 Å². The normalized spacial score (nSPS) is 22.5. The van der Waals surface area contributed by atoms with Gasteiger partial charge in [-0.15, -0.1) is 0 Å². The van der Waals surface area contributed by atoms with Crippen LogP contribution in [-0.4, -0.2) is 13.1 Å². The van der Waals surface area contributed by atoms with E-state index in [-0.39, 0.29) is 0 Å². The molecular weight excluding hydrogens is 338 g/mol. The van der Waals surface area contributed by atoms with Gasteiger partial charge in [0.15, 0.2) is 23.3 Å². The molecule has 0 aliphatic heterocycles. The maximum absolute atomic E-state index is 13.7. The standard InChI is InChI=1S/C16H14F6O2/c1-16(2)7(8(16)5-9(17)15(23)24-3)4-6-10(18)12(20)14(22)13(21)11(6)19/h5,7-8H,4H2,1-3H3/b9-5+/t7-,8+/m1/s1. The first-order valence-electron chi connectivity index (χ1n) is 6.99. The van der Waals surface area contributed by atoms with E-state index in [1.54, 1.807) is 13.8 Å². The summed E-state index contributed by atoms with van der Waals surface area (Å²) in [5, 5.41) is 0. The van der Waals surface area contributed by atoms with Gasteiger partial charge in [0, 0.05) is 5.56 Å². The zero-order valence-corrected chi connectivity index (χ0v) is 13.0. The molecule has 1 aromatic rings. The van der Waals surface area contributed by atoms with Crippen LogP contribution < -0.4 is 0 Å². The number of allylic oxidation sites excluding steroid dienone is 1. The maximum Gasteiger partial charge on any atom is 0.366 e. The van der Waals surface area contributed by atoms with Crippen LogP contribution >= 0.6 is 0 Å². The van der Waals surface area contributed by atoms with Crippen molar-refractivity contribution in [3.8, 4) is 0 Å². The number of benzene rings is 1. The Labute approximate surface area is 134 Å². The molecule has 0 amide bonds. The van der Waals surface area contributed by atoms with Gasteiger partial charge in [0.2, 0.25) is 11.6 Å². The molecule has 24 heavy (non-hydrogen) atoms. The number of esters is 1. The molecular formula is C16H14F6O2. The van der Waals surface area contributed by atoms with Gasteiger partial charge in [0.25, 0.3) is 0 Å². The van der Waals surface area contributed by atoms with Crippen LogP contribution in [0.2, 0.25) is 0 Å². The zero-order valence-electron chi connectivity index (χ0n) is 13.0. The third kappa shape index (κ3) is 2.89. The van der Waals surface area contributed by atoms with Crippen LogP contribution in [0.3, 0.4) is 0 Å². The summed E-state index contributed by atoms with van der Waals surface area (Å²) in [5.74, 6) is -13.6. The SMILES string of the molecule is COC(=O)/C(F)=C\[C@H]1[C@@H](Cc2c(F)c(F)c(F)c(F)c2F)C1(C)C. The van der Waals surface area contributed by atoms with E-state index in [2.05, 4.69) is 4.74 Å². The highest BCUT2D eigenvalue weighted by Crippen LogP contribution is 2.61. The molecule has 8 heteroatoms. The van der Waals surface area contributed by atoms with Gasteiger partial charge in [-0.05, 0) is 29.7 Å². The number of hydrogen-bond acceptors (Lipinski definition) is 2. The summed E-state index contributed by atoms with van der Waals surface area (Å²) in [6.45, 7) is 3.27. The summed E-state index contributed by atoms with van der Waals surface area (Å²) in [6.07, 6.45) is 0.469. The van der Waals surface area contributed by atoms with Crippen molar-refractivity contribution < 1.29 is 35.9 Å². The molecule has 2 nitrogen and oxygen atoms in total. The fourth-order valence-corrected chi connectivity index (χ4v) is 2.88. The van der Waals surface area contributed by atoms with E-state index >= 15 is 0 Å². The lowest BCUT2D eigenvalue weighted by Gasteiger charge is -2.08. The predicted octanol–water partition coefficient (Wildman–Crippen LogP) is 4.22. The molecule has 0 radical (unpaired) electrons. The fraction of sp³-hybridized carbons (Fsp3) is 0.438. The Hall–Kier alpha value is -1.99. The lowest BCUT2D eigenvalue weighted by molar-refractivity contribution is -0.137. The Bertz CT molecular complexity index is 697. The smallest absolute Gasteiger partial charge is 0.366 e. The second kappa shape index (κ2) is 6.14. The third-order valence-electron chi connectivity index (χ3n) is 4.57. The molecule has 0 spiro atoms. The molecule has 2 rings (SSSR count). The highest BCUT2D eigenvalue weighted by Gasteiger charge is 2.57. The fourth-order valence-electron chi connectivity index (χ4n) is 2.88. The summed E-state index contributed by atoms with van der Waals surface area (Å²) in [6, 6.07) is 0. The van der Waals surface area contributed by atoms with Crippen molar-refractivity contribution in [2.24, 2.45) is 17.3 Å². The van der Waals surface area contributed by atoms with Crippen LogP contribution in [0.15, 0.2) is 11.9 Å². The summed E-state index contributed by atoms with van der Waals surface area (Å²) in [5.41, 5.74) is -1.62. The monoisotopic (exact) mass is 352 g/mol. The molecule has 132 valence electrons. The summed E-state index contributed by atoms with van der Waals surface area (Å²) >= 11 is 0. The van der Waals surface area contributed by atoms with Crippen LogP contribution in [0.5, 0.6) is 0 Å². The van der Waals surface area contributed by atoms with E-state index in [1.165, 1.54) is 0 Å². The van der Waals surface area contributed by atoms with Crippen molar-refractivity contribution >= 4 is 5.97 Å². The van der Waals surface area contributed by atoms with Crippen LogP contribution in [0.4, 0.5) is 26.3 Å². The Balaban J connectivity index is 2.32. The van der Waals surface area contributed by atoms with E-state index in [0.29, 0.717) is 0 Å². The Kier molecular flexibility index (Phi) is 4.70. The van der Waals surface area contributed by atoms with Gasteiger partial charge in [-0.3, -0.25) is 0 Å². The molecule has 0 saturated heterocycles. The number of halogens is 6. The first-order valence-corrected chi connectivity index (χ1v) is 6.99. The highest BCUT2D eigenvalue weighted by atomic mass is 19.2. The quantitative estimate of drug-likeness (QED) is 0.267. The summed E-state index contributed by atoms with van der Waals surface area (Å²) < 4.78 is 84.7. The van der Waals surface area contributed by atoms with Crippen LogP contribution in [-0.2, 0) is 16.0 Å². The molecule has 1 saturated carbocycles. The minimum atomic E-state index is -2.23. The molecule has 1 aliphatic rings. The Morgan fingerprint density at radius 1 is 1.04 bits per heavy atom. The zero-order chi connectivity index (χ0) is 18.4. The van der Waals surface area contributed by atoms with Gasteiger partial charge in [0.05, 0.1) is 7.11 Å².